The number of nitrogens with zero attached hydrogens (tertiary/aromatic N) is 1. The Morgan fingerprint density at radius 1 is 1.35 bits per heavy atom. The van der Waals surface area contributed by atoms with E-state index >= 15 is 0 Å². The van der Waals surface area contributed by atoms with Gasteiger partial charge in [-0.25, -0.2) is 0 Å². The van der Waals surface area contributed by atoms with Gasteiger partial charge in [-0.3, -0.25) is 4.79 Å². The van der Waals surface area contributed by atoms with Crippen LogP contribution in [0.25, 0.3) is 0 Å². The maximum atomic E-state index is 12.4. The molecule has 1 aliphatic heterocycles. The summed E-state index contributed by atoms with van der Waals surface area (Å²) in [5.41, 5.74) is 0. The lowest BCUT2D eigenvalue weighted by Gasteiger charge is -2.34. The number of piperidine rings is 1. The van der Waals surface area contributed by atoms with Crippen molar-refractivity contribution in [2.45, 2.75) is 58.4 Å². The molecule has 1 N–H and O–H groups in total. The van der Waals surface area contributed by atoms with Crippen molar-refractivity contribution < 1.29 is 4.79 Å². The van der Waals surface area contributed by atoms with Crippen LogP contribution in [0.2, 0.25) is 0 Å². The van der Waals surface area contributed by atoms with E-state index in [2.05, 4.69) is 19.2 Å². The predicted octanol–water partition coefficient (Wildman–Crippen LogP) is 2.41. The van der Waals surface area contributed by atoms with Crippen molar-refractivity contribution in [2.24, 2.45) is 5.92 Å². The van der Waals surface area contributed by atoms with Gasteiger partial charge in [-0.2, -0.15) is 0 Å². The minimum atomic E-state index is 0.245. The van der Waals surface area contributed by atoms with Crippen molar-refractivity contribution >= 4 is 5.91 Å². The number of hydrogen-bond acceptors (Lipinski definition) is 2. The van der Waals surface area contributed by atoms with Crippen molar-refractivity contribution in [3.8, 4) is 0 Å². The molecule has 100 valence electrons. The minimum absolute atomic E-state index is 0.245. The summed E-state index contributed by atoms with van der Waals surface area (Å²) >= 11 is 0. The minimum Gasteiger partial charge on any atom is -0.342 e. The molecule has 1 heterocycles. The van der Waals surface area contributed by atoms with Gasteiger partial charge < -0.3 is 10.2 Å². The van der Waals surface area contributed by atoms with E-state index in [1.165, 1.54) is 12.8 Å². The second-order valence-electron chi connectivity index (χ2n) is 5.18. The molecule has 1 atom stereocenters. The maximum Gasteiger partial charge on any atom is 0.225 e. The Morgan fingerprint density at radius 3 is 2.53 bits per heavy atom. The van der Waals surface area contributed by atoms with Crippen LogP contribution < -0.4 is 5.32 Å². The Labute approximate surface area is 106 Å². The number of nitrogens with one attached hydrogen (secondary N) is 1. The fourth-order valence-corrected chi connectivity index (χ4v) is 2.61. The lowest BCUT2D eigenvalue weighted by molar-refractivity contribution is -0.137. The molecule has 0 aromatic rings. The first-order valence-corrected chi connectivity index (χ1v) is 7.18. The molecule has 1 aliphatic rings. The van der Waals surface area contributed by atoms with E-state index < -0.39 is 0 Å². The highest BCUT2D eigenvalue weighted by molar-refractivity contribution is 5.78. The van der Waals surface area contributed by atoms with Gasteiger partial charge in [-0.1, -0.05) is 26.7 Å². The summed E-state index contributed by atoms with van der Waals surface area (Å²) < 4.78 is 0. The molecule has 0 aromatic heterocycles. The predicted molar refractivity (Wildman–Crippen MR) is 72.0 cm³/mol. The van der Waals surface area contributed by atoms with E-state index in [1.807, 2.05) is 11.9 Å². The molecule has 0 aromatic carbocycles. The molecular formula is C14H28N2O. The van der Waals surface area contributed by atoms with Crippen LogP contribution >= 0.6 is 0 Å². The molecule has 0 bridgehead atoms. The number of rotatable bonds is 6. The van der Waals surface area contributed by atoms with E-state index in [9.17, 15) is 4.79 Å². The van der Waals surface area contributed by atoms with Gasteiger partial charge in [0.2, 0.25) is 5.91 Å². The molecule has 17 heavy (non-hydrogen) atoms. The average molecular weight is 240 g/mol. The van der Waals surface area contributed by atoms with Gasteiger partial charge in [0.15, 0.2) is 0 Å². The topological polar surface area (TPSA) is 32.3 Å². The van der Waals surface area contributed by atoms with Crippen LogP contribution in [-0.4, -0.2) is 37.0 Å². The van der Waals surface area contributed by atoms with Crippen molar-refractivity contribution in [1.82, 2.24) is 10.2 Å². The van der Waals surface area contributed by atoms with Crippen LogP contribution in [0, 0.1) is 5.92 Å². The summed E-state index contributed by atoms with van der Waals surface area (Å²) in [5.74, 6) is 0.614. The summed E-state index contributed by atoms with van der Waals surface area (Å²) in [6.45, 7) is 6.42. The first kappa shape index (κ1) is 14.5. The van der Waals surface area contributed by atoms with Crippen LogP contribution in [0.5, 0.6) is 0 Å². The molecule has 0 aliphatic carbocycles. The van der Waals surface area contributed by atoms with Crippen LogP contribution in [0.4, 0.5) is 0 Å². The number of carbonyl (C=O) groups is 1. The first-order chi connectivity index (χ1) is 8.20. The highest BCUT2D eigenvalue weighted by Gasteiger charge is 2.26. The smallest absolute Gasteiger partial charge is 0.225 e. The number of amides is 1. The van der Waals surface area contributed by atoms with Gasteiger partial charge in [0, 0.05) is 19.0 Å². The average Bonchev–Trinajstić information content (AvgIpc) is 2.39. The summed E-state index contributed by atoms with van der Waals surface area (Å²) in [4.78, 5) is 14.4. The summed E-state index contributed by atoms with van der Waals surface area (Å²) in [6.07, 6.45) is 6.60. The number of hydrogen-bond donors (Lipinski definition) is 1. The zero-order chi connectivity index (χ0) is 12.7. The zero-order valence-corrected chi connectivity index (χ0v) is 11.7. The van der Waals surface area contributed by atoms with Crippen LogP contribution in [0.3, 0.4) is 0 Å². The Balaban J connectivity index is 2.47. The summed E-state index contributed by atoms with van der Waals surface area (Å²) in [6, 6.07) is 0.458. The Morgan fingerprint density at radius 2 is 2.00 bits per heavy atom. The maximum absolute atomic E-state index is 12.4. The van der Waals surface area contributed by atoms with Gasteiger partial charge in [0.1, 0.15) is 0 Å². The Hall–Kier alpha value is -0.570. The molecule has 1 amide bonds. The second-order valence-corrected chi connectivity index (χ2v) is 5.18. The van der Waals surface area contributed by atoms with E-state index in [1.54, 1.807) is 0 Å². The van der Waals surface area contributed by atoms with E-state index in [4.69, 9.17) is 0 Å². The fourth-order valence-electron chi connectivity index (χ4n) is 2.61. The van der Waals surface area contributed by atoms with Gasteiger partial charge in [-0.05, 0) is 38.8 Å². The Bertz CT molecular complexity index is 224. The largest absolute Gasteiger partial charge is 0.342 e. The monoisotopic (exact) mass is 240 g/mol. The highest BCUT2D eigenvalue weighted by atomic mass is 16.2. The third kappa shape index (κ3) is 4.30. The molecule has 1 unspecified atom stereocenters. The standard InChI is InChI=1S/C14H28N2O/c1-4-6-7-12(5-2)14(17)16(3)13-8-10-15-11-9-13/h12-13,15H,4-11H2,1-3H3. The van der Waals surface area contributed by atoms with E-state index in [0.717, 1.165) is 38.8 Å². The molecule has 1 rings (SSSR count). The van der Waals surface area contributed by atoms with Crippen LogP contribution in [0.15, 0.2) is 0 Å². The van der Waals surface area contributed by atoms with Gasteiger partial charge in [-0.15, -0.1) is 0 Å². The van der Waals surface area contributed by atoms with Gasteiger partial charge in [0.05, 0.1) is 0 Å². The SMILES string of the molecule is CCCCC(CC)C(=O)N(C)C1CCNCC1. The zero-order valence-electron chi connectivity index (χ0n) is 11.7. The van der Waals surface area contributed by atoms with E-state index in [-0.39, 0.29) is 5.92 Å². The van der Waals surface area contributed by atoms with Gasteiger partial charge in [0.25, 0.3) is 0 Å². The first-order valence-electron chi connectivity index (χ1n) is 7.18. The summed E-state index contributed by atoms with van der Waals surface area (Å²) in [7, 11) is 1.99. The normalized spacial score (nSPS) is 19.0. The quantitative estimate of drug-likeness (QED) is 0.773. The molecule has 0 spiro atoms. The molecule has 0 saturated carbocycles. The van der Waals surface area contributed by atoms with Crippen molar-refractivity contribution in [3.63, 3.8) is 0 Å². The number of carbonyl (C=O) groups excluding carboxylic acids is 1. The third-order valence-corrected chi connectivity index (χ3v) is 3.95. The summed E-state index contributed by atoms with van der Waals surface area (Å²) in [5, 5.41) is 3.35. The molecule has 1 saturated heterocycles. The lowest BCUT2D eigenvalue weighted by Crippen LogP contribution is -2.46. The van der Waals surface area contributed by atoms with Crippen molar-refractivity contribution in [2.75, 3.05) is 20.1 Å². The van der Waals surface area contributed by atoms with Gasteiger partial charge >= 0.3 is 0 Å². The second kappa shape index (κ2) is 7.70. The molecular weight excluding hydrogens is 212 g/mol. The molecule has 3 nitrogen and oxygen atoms in total. The fraction of sp³-hybridized carbons (Fsp3) is 0.929. The Kier molecular flexibility index (Phi) is 6.56. The van der Waals surface area contributed by atoms with Crippen LogP contribution in [0.1, 0.15) is 52.4 Å². The van der Waals surface area contributed by atoms with Crippen molar-refractivity contribution in [1.29, 1.82) is 0 Å². The molecule has 1 fully saturated rings. The molecule has 0 radical (unpaired) electrons. The van der Waals surface area contributed by atoms with Crippen LogP contribution in [-0.2, 0) is 4.79 Å². The highest BCUT2D eigenvalue weighted by Crippen LogP contribution is 2.19. The molecule has 3 heteroatoms. The number of unbranched alkanes of at least 4 members (excludes halogenated alkanes) is 1. The lowest BCUT2D eigenvalue weighted by atomic mass is 9.96. The van der Waals surface area contributed by atoms with Crippen molar-refractivity contribution in [3.05, 3.63) is 0 Å². The third-order valence-electron chi connectivity index (χ3n) is 3.95. The van der Waals surface area contributed by atoms with E-state index in [0.29, 0.717) is 11.9 Å².